The lowest BCUT2D eigenvalue weighted by atomic mass is 9.84. The number of nitrogens with zero attached hydrogens (tertiary/aromatic N) is 2. The van der Waals surface area contributed by atoms with Crippen LogP contribution in [-0.4, -0.2) is 24.0 Å². The topological polar surface area (TPSA) is 27.0 Å². The third kappa shape index (κ3) is 2.88. The summed E-state index contributed by atoms with van der Waals surface area (Å²) in [5, 5.41) is 9.31. The predicted octanol–water partition coefficient (Wildman–Crippen LogP) is 3.54. The van der Waals surface area contributed by atoms with Crippen molar-refractivity contribution in [2.45, 2.75) is 51.5 Å². The highest BCUT2D eigenvalue weighted by Gasteiger charge is 2.30. The second-order valence-corrected chi connectivity index (χ2v) is 6.39. The van der Waals surface area contributed by atoms with Crippen LogP contribution >= 0.6 is 0 Å². The fourth-order valence-corrected chi connectivity index (χ4v) is 3.53. The van der Waals surface area contributed by atoms with E-state index in [1.54, 1.807) is 0 Å². The molecule has 1 atom stereocenters. The Bertz CT molecular complexity index is 511. The number of aryl methyl sites for hydroxylation is 1. The lowest BCUT2D eigenvalue weighted by molar-refractivity contribution is 0.172. The third-order valence-electron chi connectivity index (χ3n) is 4.80. The van der Waals surface area contributed by atoms with E-state index in [0.29, 0.717) is 6.04 Å². The molecule has 1 saturated carbocycles. The van der Waals surface area contributed by atoms with E-state index in [0.717, 1.165) is 24.3 Å². The first-order valence-electron chi connectivity index (χ1n) is 8.06. The van der Waals surface area contributed by atoms with E-state index in [-0.39, 0.29) is 0 Å². The molecule has 0 radical (unpaired) electrons. The quantitative estimate of drug-likeness (QED) is 0.816. The molecular formula is C18H24N2. The SMILES string of the molecule is CCCN(CC1CC1)C1CCc2cccc(C#N)c2C1. The first-order chi connectivity index (χ1) is 9.81. The molecule has 20 heavy (non-hydrogen) atoms. The summed E-state index contributed by atoms with van der Waals surface area (Å²) in [7, 11) is 0. The van der Waals surface area contributed by atoms with Gasteiger partial charge in [0.25, 0.3) is 0 Å². The van der Waals surface area contributed by atoms with Crippen LogP contribution in [0, 0.1) is 17.2 Å². The van der Waals surface area contributed by atoms with E-state index >= 15 is 0 Å². The normalized spacial score (nSPS) is 21.6. The number of benzene rings is 1. The molecule has 2 heteroatoms. The number of hydrogen-bond donors (Lipinski definition) is 0. The maximum absolute atomic E-state index is 9.31. The second kappa shape index (κ2) is 5.97. The highest BCUT2D eigenvalue weighted by atomic mass is 15.2. The Kier molecular flexibility index (Phi) is 4.08. The van der Waals surface area contributed by atoms with E-state index in [1.807, 2.05) is 12.1 Å². The van der Waals surface area contributed by atoms with Crippen molar-refractivity contribution < 1.29 is 0 Å². The molecule has 0 aliphatic heterocycles. The van der Waals surface area contributed by atoms with Gasteiger partial charge >= 0.3 is 0 Å². The molecule has 1 aromatic carbocycles. The molecule has 0 bridgehead atoms. The van der Waals surface area contributed by atoms with Crippen LogP contribution in [0.3, 0.4) is 0 Å². The molecule has 0 spiro atoms. The summed E-state index contributed by atoms with van der Waals surface area (Å²) in [6, 6.07) is 9.25. The van der Waals surface area contributed by atoms with Crippen molar-refractivity contribution in [1.29, 1.82) is 5.26 Å². The number of nitriles is 1. The molecule has 3 rings (SSSR count). The van der Waals surface area contributed by atoms with Gasteiger partial charge in [-0.25, -0.2) is 0 Å². The molecule has 0 saturated heterocycles. The van der Waals surface area contributed by atoms with E-state index in [1.165, 1.54) is 49.9 Å². The van der Waals surface area contributed by atoms with Crippen LogP contribution in [0.1, 0.15) is 49.3 Å². The van der Waals surface area contributed by atoms with Gasteiger partial charge in [-0.2, -0.15) is 5.26 Å². The average molecular weight is 268 g/mol. The van der Waals surface area contributed by atoms with Crippen LogP contribution in [0.15, 0.2) is 18.2 Å². The molecule has 1 aromatic rings. The van der Waals surface area contributed by atoms with Crippen LogP contribution in [-0.2, 0) is 12.8 Å². The number of rotatable bonds is 5. The lowest BCUT2D eigenvalue weighted by Gasteiger charge is -2.35. The molecule has 0 heterocycles. The summed E-state index contributed by atoms with van der Waals surface area (Å²) in [6.45, 7) is 4.77. The lowest BCUT2D eigenvalue weighted by Crippen LogP contribution is -2.41. The van der Waals surface area contributed by atoms with Gasteiger partial charge in [-0.15, -0.1) is 0 Å². The molecule has 2 nitrogen and oxygen atoms in total. The molecule has 1 unspecified atom stereocenters. The molecular weight excluding hydrogens is 244 g/mol. The first kappa shape index (κ1) is 13.6. The summed E-state index contributed by atoms with van der Waals surface area (Å²) in [4.78, 5) is 2.70. The van der Waals surface area contributed by atoms with Crippen molar-refractivity contribution in [1.82, 2.24) is 4.90 Å². The summed E-state index contributed by atoms with van der Waals surface area (Å²) >= 11 is 0. The van der Waals surface area contributed by atoms with Crippen LogP contribution in [0.25, 0.3) is 0 Å². The zero-order valence-electron chi connectivity index (χ0n) is 12.4. The zero-order chi connectivity index (χ0) is 13.9. The molecule has 0 aromatic heterocycles. The van der Waals surface area contributed by atoms with E-state index in [9.17, 15) is 5.26 Å². The largest absolute Gasteiger partial charge is 0.300 e. The van der Waals surface area contributed by atoms with Crippen molar-refractivity contribution in [3.8, 4) is 6.07 Å². The highest BCUT2D eigenvalue weighted by molar-refractivity contribution is 5.44. The zero-order valence-corrected chi connectivity index (χ0v) is 12.4. The van der Waals surface area contributed by atoms with Crippen molar-refractivity contribution >= 4 is 0 Å². The summed E-state index contributed by atoms with van der Waals surface area (Å²) < 4.78 is 0. The van der Waals surface area contributed by atoms with Crippen LogP contribution in [0.5, 0.6) is 0 Å². The first-order valence-corrected chi connectivity index (χ1v) is 8.06. The fraction of sp³-hybridized carbons (Fsp3) is 0.611. The van der Waals surface area contributed by atoms with Crippen molar-refractivity contribution in [3.05, 3.63) is 34.9 Å². The standard InChI is InChI=1S/C18H24N2/c1-2-10-20(13-14-6-7-14)17-9-8-15-4-3-5-16(12-19)18(15)11-17/h3-5,14,17H,2,6-11,13H2,1H3. The van der Waals surface area contributed by atoms with Gasteiger partial charge in [0.15, 0.2) is 0 Å². The Labute approximate surface area is 122 Å². The summed E-state index contributed by atoms with van der Waals surface area (Å²) in [6.07, 6.45) is 7.55. The molecule has 106 valence electrons. The van der Waals surface area contributed by atoms with Gasteiger partial charge in [-0.3, -0.25) is 4.90 Å². The van der Waals surface area contributed by atoms with Gasteiger partial charge in [-0.1, -0.05) is 19.1 Å². The van der Waals surface area contributed by atoms with Crippen molar-refractivity contribution in [2.75, 3.05) is 13.1 Å². The summed E-state index contributed by atoms with van der Waals surface area (Å²) in [5.41, 5.74) is 3.63. The van der Waals surface area contributed by atoms with Crippen molar-refractivity contribution in [3.63, 3.8) is 0 Å². The Morgan fingerprint density at radius 3 is 2.85 bits per heavy atom. The minimum Gasteiger partial charge on any atom is -0.300 e. The second-order valence-electron chi connectivity index (χ2n) is 6.39. The van der Waals surface area contributed by atoms with Gasteiger partial charge in [0.2, 0.25) is 0 Å². The van der Waals surface area contributed by atoms with Gasteiger partial charge in [0.05, 0.1) is 11.6 Å². The number of hydrogen-bond acceptors (Lipinski definition) is 2. The van der Waals surface area contributed by atoms with E-state index < -0.39 is 0 Å². The predicted molar refractivity (Wildman–Crippen MR) is 81.6 cm³/mol. The number of fused-ring (bicyclic) bond motifs is 1. The monoisotopic (exact) mass is 268 g/mol. The summed E-state index contributed by atoms with van der Waals surface area (Å²) in [5.74, 6) is 0.953. The molecule has 2 aliphatic carbocycles. The van der Waals surface area contributed by atoms with Crippen LogP contribution in [0.4, 0.5) is 0 Å². The van der Waals surface area contributed by atoms with Gasteiger partial charge in [0.1, 0.15) is 0 Å². The minimum atomic E-state index is 0.651. The molecule has 2 aliphatic rings. The highest BCUT2D eigenvalue weighted by Crippen LogP contribution is 2.33. The van der Waals surface area contributed by atoms with Gasteiger partial charge in [0, 0.05) is 12.6 Å². The van der Waals surface area contributed by atoms with Gasteiger partial charge < -0.3 is 0 Å². The Morgan fingerprint density at radius 2 is 2.15 bits per heavy atom. The molecule has 0 N–H and O–H groups in total. The molecule has 0 amide bonds. The maximum Gasteiger partial charge on any atom is 0.0994 e. The smallest absolute Gasteiger partial charge is 0.0994 e. The van der Waals surface area contributed by atoms with E-state index in [2.05, 4.69) is 24.0 Å². The van der Waals surface area contributed by atoms with E-state index in [4.69, 9.17) is 0 Å². The third-order valence-corrected chi connectivity index (χ3v) is 4.80. The average Bonchev–Trinajstić information content (AvgIpc) is 3.29. The maximum atomic E-state index is 9.31. The molecule has 1 fully saturated rings. The van der Waals surface area contributed by atoms with Crippen LogP contribution in [0.2, 0.25) is 0 Å². The van der Waals surface area contributed by atoms with Crippen molar-refractivity contribution in [2.24, 2.45) is 5.92 Å². The van der Waals surface area contributed by atoms with Crippen LogP contribution < -0.4 is 0 Å². The van der Waals surface area contributed by atoms with Gasteiger partial charge in [-0.05, 0) is 68.2 Å². The Morgan fingerprint density at radius 1 is 1.30 bits per heavy atom. The minimum absolute atomic E-state index is 0.651. The Hall–Kier alpha value is -1.33. The fourth-order valence-electron chi connectivity index (χ4n) is 3.53. The Balaban J connectivity index is 1.77.